The van der Waals surface area contributed by atoms with Crippen molar-refractivity contribution in [2.75, 3.05) is 6.54 Å². The average molecular weight is 243 g/mol. The second kappa shape index (κ2) is 4.12. The summed E-state index contributed by atoms with van der Waals surface area (Å²) in [5, 5.41) is 8.58. The van der Waals surface area contributed by atoms with Gasteiger partial charge in [-0.2, -0.15) is 5.10 Å². The number of hydrogen-bond acceptors (Lipinski definition) is 2. The van der Waals surface area contributed by atoms with Crippen LogP contribution in [-0.2, 0) is 11.8 Å². The van der Waals surface area contributed by atoms with Crippen LogP contribution in [0.4, 0.5) is 0 Å². The molecular formula is C14H17N3O. The van der Waals surface area contributed by atoms with Crippen molar-refractivity contribution in [2.24, 2.45) is 13.0 Å². The Morgan fingerprint density at radius 1 is 1.56 bits per heavy atom. The Bertz CT molecular complexity index is 602. The van der Waals surface area contributed by atoms with E-state index in [1.54, 1.807) is 6.92 Å². The molecule has 0 spiro atoms. The third-order valence-corrected chi connectivity index (χ3v) is 3.63. The highest BCUT2D eigenvalue weighted by Crippen LogP contribution is 2.48. The number of nitrogens with zero attached hydrogens (tertiary/aromatic N) is 2. The van der Waals surface area contributed by atoms with Gasteiger partial charge in [0, 0.05) is 32.1 Å². The zero-order chi connectivity index (χ0) is 12.7. The molecule has 0 unspecified atom stereocenters. The molecule has 1 aliphatic rings. The molecule has 1 saturated carbocycles. The van der Waals surface area contributed by atoms with E-state index >= 15 is 0 Å². The molecule has 3 rings (SSSR count). The van der Waals surface area contributed by atoms with Crippen molar-refractivity contribution in [1.82, 2.24) is 15.1 Å². The number of amides is 1. The monoisotopic (exact) mass is 243 g/mol. The lowest BCUT2D eigenvalue weighted by molar-refractivity contribution is -0.119. The third-order valence-electron chi connectivity index (χ3n) is 3.63. The fourth-order valence-electron chi connectivity index (χ4n) is 2.64. The molecule has 1 heterocycles. The first-order valence-corrected chi connectivity index (χ1v) is 6.32. The van der Waals surface area contributed by atoms with Gasteiger partial charge in [0.05, 0.1) is 5.52 Å². The average Bonchev–Trinajstić information content (AvgIpc) is 2.98. The highest BCUT2D eigenvalue weighted by molar-refractivity contribution is 5.82. The Morgan fingerprint density at radius 3 is 3.17 bits per heavy atom. The summed E-state index contributed by atoms with van der Waals surface area (Å²) >= 11 is 0. The molecule has 1 amide bonds. The quantitative estimate of drug-likeness (QED) is 0.893. The molecule has 0 radical (unpaired) electrons. The summed E-state index contributed by atoms with van der Waals surface area (Å²) in [6.45, 7) is 2.36. The molecule has 1 fully saturated rings. The van der Waals surface area contributed by atoms with Gasteiger partial charge in [0.25, 0.3) is 0 Å². The van der Waals surface area contributed by atoms with Crippen LogP contribution >= 0.6 is 0 Å². The van der Waals surface area contributed by atoms with E-state index < -0.39 is 0 Å². The number of rotatable bonds is 3. The normalized spacial score (nSPS) is 22.1. The smallest absolute Gasteiger partial charge is 0.216 e. The molecule has 4 heteroatoms. The minimum atomic E-state index is 0.0558. The van der Waals surface area contributed by atoms with E-state index in [0.29, 0.717) is 11.8 Å². The number of fused-ring (bicyclic) bond motifs is 1. The van der Waals surface area contributed by atoms with Gasteiger partial charge in [-0.3, -0.25) is 9.48 Å². The van der Waals surface area contributed by atoms with Crippen LogP contribution in [0.15, 0.2) is 24.4 Å². The zero-order valence-electron chi connectivity index (χ0n) is 10.7. The fraction of sp³-hybridized carbons (Fsp3) is 0.429. The van der Waals surface area contributed by atoms with Crippen LogP contribution in [0, 0.1) is 5.92 Å². The fourth-order valence-corrected chi connectivity index (χ4v) is 2.64. The summed E-state index contributed by atoms with van der Waals surface area (Å²) in [6, 6.07) is 6.30. The SMILES string of the molecule is CC(=O)NC[C@H]1C[C@@H]1c1cccc2nn(C)cc12. The number of aryl methyl sites for hydroxylation is 1. The van der Waals surface area contributed by atoms with E-state index in [1.807, 2.05) is 17.8 Å². The predicted octanol–water partition coefficient (Wildman–Crippen LogP) is 1.81. The number of aromatic nitrogens is 2. The molecule has 0 aliphatic heterocycles. The summed E-state index contributed by atoms with van der Waals surface area (Å²) in [5.74, 6) is 1.21. The molecule has 4 nitrogen and oxygen atoms in total. The minimum absolute atomic E-state index is 0.0558. The second-order valence-corrected chi connectivity index (χ2v) is 5.12. The van der Waals surface area contributed by atoms with Gasteiger partial charge in [-0.15, -0.1) is 0 Å². The standard InChI is InChI=1S/C14H17N3O/c1-9(18)15-7-10-6-12(10)11-4-3-5-14-13(11)8-17(2)16-14/h3-5,8,10,12H,6-7H2,1-2H3,(H,15,18)/t10-,12+/m1/s1. The Morgan fingerprint density at radius 2 is 2.39 bits per heavy atom. The van der Waals surface area contributed by atoms with Gasteiger partial charge in [0.2, 0.25) is 5.91 Å². The molecule has 1 aromatic carbocycles. The van der Waals surface area contributed by atoms with E-state index in [0.717, 1.165) is 18.5 Å². The van der Waals surface area contributed by atoms with Gasteiger partial charge in [-0.25, -0.2) is 0 Å². The van der Waals surface area contributed by atoms with Crippen LogP contribution in [0.3, 0.4) is 0 Å². The van der Waals surface area contributed by atoms with Gasteiger partial charge in [0.1, 0.15) is 0 Å². The maximum atomic E-state index is 10.9. The number of hydrogen-bond donors (Lipinski definition) is 1. The molecule has 18 heavy (non-hydrogen) atoms. The largest absolute Gasteiger partial charge is 0.356 e. The van der Waals surface area contributed by atoms with Crippen molar-refractivity contribution in [3.8, 4) is 0 Å². The van der Waals surface area contributed by atoms with Crippen molar-refractivity contribution in [2.45, 2.75) is 19.3 Å². The Hall–Kier alpha value is -1.84. The second-order valence-electron chi connectivity index (χ2n) is 5.12. The van der Waals surface area contributed by atoms with E-state index in [1.165, 1.54) is 10.9 Å². The van der Waals surface area contributed by atoms with E-state index in [-0.39, 0.29) is 5.91 Å². The topological polar surface area (TPSA) is 46.9 Å². The van der Waals surface area contributed by atoms with Crippen LogP contribution in [0.2, 0.25) is 0 Å². The van der Waals surface area contributed by atoms with Gasteiger partial charge in [-0.1, -0.05) is 12.1 Å². The lowest BCUT2D eigenvalue weighted by Crippen LogP contribution is -2.22. The number of carbonyl (C=O) groups excluding carboxylic acids is 1. The highest BCUT2D eigenvalue weighted by atomic mass is 16.1. The Balaban J connectivity index is 1.81. The first-order chi connectivity index (χ1) is 8.65. The number of benzene rings is 1. The van der Waals surface area contributed by atoms with E-state index in [9.17, 15) is 4.79 Å². The molecular weight excluding hydrogens is 226 g/mol. The first-order valence-electron chi connectivity index (χ1n) is 6.32. The molecule has 1 aromatic heterocycles. The molecule has 0 bridgehead atoms. The zero-order valence-corrected chi connectivity index (χ0v) is 10.7. The van der Waals surface area contributed by atoms with Crippen LogP contribution < -0.4 is 5.32 Å². The Kier molecular flexibility index (Phi) is 2.58. The number of nitrogens with one attached hydrogen (secondary N) is 1. The van der Waals surface area contributed by atoms with Gasteiger partial charge < -0.3 is 5.32 Å². The van der Waals surface area contributed by atoms with Crippen LogP contribution in [0.25, 0.3) is 10.9 Å². The summed E-state index contributed by atoms with van der Waals surface area (Å²) in [4.78, 5) is 10.9. The van der Waals surface area contributed by atoms with Crippen molar-refractivity contribution in [3.05, 3.63) is 30.0 Å². The lowest BCUT2D eigenvalue weighted by atomic mass is 10.0. The molecule has 0 saturated heterocycles. The van der Waals surface area contributed by atoms with Gasteiger partial charge >= 0.3 is 0 Å². The third kappa shape index (κ3) is 1.98. The maximum absolute atomic E-state index is 10.9. The van der Waals surface area contributed by atoms with Crippen molar-refractivity contribution >= 4 is 16.8 Å². The first kappa shape index (κ1) is 11.3. The van der Waals surface area contributed by atoms with Crippen molar-refractivity contribution in [3.63, 3.8) is 0 Å². The predicted molar refractivity (Wildman–Crippen MR) is 70.2 cm³/mol. The van der Waals surface area contributed by atoms with Crippen molar-refractivity contribution in [1.29, 1.82) is 0 Å². The molecule has 2 atom stereocenters. The molecule has 1 N–H and O–H groups in total. The summed E-state index contributed by atoms with van der Waals surface area (Å²) < 4.78 is 1.86. The van der Waals surface area contributed by atoms with E-state index in [2.05, 4.69) is 28.7 Å². The molecule has 1 aliphatic carbocycles. The molecule has 2 aromatic rings. The van der Waals surface area contributed by atoms with Gasteiger partial charge in [0.15, 0.2) is 0 Å². The molecule has 94 valence electrons. The van der Waals surface area contributed by atoms with Crippen molar-refractivity contribution < 1.29 is 4.79 Å². The lowest BCUT2D eigenvalue weighted by Gasteiger charge is -2.03. The highest BCUT2D eigenvalue weighted by Gasteiger charge is 2.39. The minimum Gasteiger partial charge on any atom is -0.356 e. The van der Waals surface area contributed by atoms with Crippen LogP contribution in [0.1, 0.15) is 24.8 Å². The Labute approximate surface area is 106 Å². The van der Waals surface area contributed by atoms with Gasteiger partial charge in [-0.05, 0) is 29.9 Å². The van der Waals surface area contributed by atoms with Crippen LogP contribution in [-0.4, -0.2) is 22.2 Å². The summed E-state index contributed by atoms with van der Waals surface area (Å²) in [5.41, 5.74) is 2.43. The van der Waals surface area contributed by atoms with Crippen LogP contribution in [0.5, 0.6) is 0 Å². The summed E-state index contributed by atoms with van der Waals surface area (Å²) in [6.07, 6.45) is 3.24. The number of carbonyl (C=O) groups is 1. The summed E-state index contributed by atoms with van der Waals surface area (Å²) in [7, 11) is 1.95. The maximum Gasteiger partial charge on any atom is 0.216 e. The van der Waals surface area contributed by atoms with E-state index in [4.69, 9.17) is 0 Å².